The number of amides is 1. The number of benzene rings is 1. The molecule has 1 aromatic carbocycles. The second kappa shape index (κ2) is 8.96. The highest BCUT2D eigenvalue weighted by Gasteiger charge is 2.11. The molecular formula is C14H21NO3S. The smallest absolute Gasteiger partial charge is 0.232 e. The normalized spacial score (nSPS) is 13.8. The summed E-state index contributed by atoms with van der Waals surface area (Å²) in [5.74, 6) is -0.0782. The van der Waals surface area contributed by atoms with E-state index in [1.54, 1.807) is 6.92 Å². The van der Waals surface area contributed by atoms with Gasteiger partial charge in [0.25, 0.3) is 0 Å². The molecule has 0 radical (unpaired) electrons. The maximum absolute atomic E-state index is 11.5. The van der Waals surface area contributed by atoms with E-state index in [4.69, 9.17) is 4.74 Å². The standard InChI is InChI=1S/C14H21NO3S/c1-11(16)12(2)19-15-14(17)8-9-18-10-13-6-4-3-5-7-13/h3-7,11-12,16H,8-10H2,1-2H3,(H,15,17). The van der Waals surface area contributed by atoms with Crippen molar-refractivity contribution in [3.05, 3.63) is 35.9 Å². The Balaban J connectivity index is 2.08. The summed E-state index contributed by atoms with van der Waals surface area (Å²) in [7, 11) is 0. The summed E-state index contributed by atoms with van der Waals surface area (Å²) < 4.78 is 8.13. The van der Waals surface area contributed by atoms with Crippen LogP contribution in [0.4, 0.5) is 0 Å². The van der Waals surface area contributed by atoms with Gasteiger partial charge in [-0.2, -0.15) is 0 Å². The van der Waals surface area contributed by atoms with Crippen LogP contribution >= 0.6 is 11.9 Å². The van der Waals surface area contributed by atoms with Crippen LogP contribution in [0.15, 0.2) is 30.3 Å². The molecule has 0 saturated heterocycles. The van der Waals surface area contributed by atoms with Crippen molar-refractivity contribution < 1.29 is 14.6 Å². The van der Waals surface area contributed by atoms with Gasteiger partial charge in [0, 0.05) is 5.25 Å². The first-order chi connectivity index (χ1) is 9.09. The Labute approximate surface area is 118 Å². The van der Waals surface area contributed by atoms with Crippen molar-refractivity contribution in [2.24, 2.45) is 0 Å². The Bertz CT molecular complexity index is 370. The van der Waals surface area contributed by atoms with E-state index in [9.17, 15) is 9.90 Å². The average Bonchev–Trinajstić information content (AvgIpc) is 2.42. The van der Waals surface area contributed by atoms with Gasteiger partial charge in [-0.1, -0.05) is 30.3 Å². The molecule has 0 aliphatic heterocycles. The first-order valence-electron chi connectivity index (χ1n) is 6.34. The lowest BCUT2D eigenvalue weighted by molar-refractivity contribution is -0.120. The Morgan fingerprint density at radius 3 is 2.68 bits per heavy atom. The molecule has 1 aromatic rings. The van der Waals surface area contributed by atoms with E-state index in [1.165, 1.54) is 11.9 Å². The van der Waals surface area contributed by atoms with E-state index in [2.05, 4.69) is 4.72 Å². The van der Waals surface area contributed by atoms with Gasteiger partial charge < -0.3 is 9.84 Å². The molecule has 5 heteroatoms. The van der Waals surface area contributed by atoms with Crippen LogP contribution in [0.25, 0.3) is 0 Å². The van der Waals surface area contributed by atoms with Gasteiger partial charge in [-0.05, 0) is 31.4 Å². The fraction of sp³-hybridized carbons (Fsp3) is 0.500. The molecule has 2 unspecified atom stereocenters. The zero-order valence-corrected chi connectivity index (χ0v) is 12.2. The van der Waals surface area contributed by atoms with Crippen molar-refractivity contribution in [2.75, 3.05) is 6.61 Å². The van der Waals surface area contributed by atoms with Gasteiger partial charge in [0.15, 0.2) is 0 Å². The Hall–Kier alpha value is -1.04. The van der Waals surface area contributed by atoms with Crippen molar-refractivity contribution in [3.8, 4) is 0 Å². The highest BCUT2D eigenvalue weighted by Crippen LogP contribution is 2.10. The maximum Gasteiger partial charge on any atom is 0.232 e. The molecule has 1 rings (SSSR count). The van der Waals surface area contributed by atoms with Crippen LogP contribution < -0.4 is 4.72 Å². The van der Waals surface area contributed by atoms with E-state index >= 15 is 0 Å². The number of ether oxygens (including phenoxy) is 1. The molecule has 19 heavy (non-hydrogen) atoms. The monoisotopic (exact) mass is 283 g/mol. The van der Waals surface area contributed by atoms with Gasteiger partial charge in [0.2, 0.25) is 5.91 Å². The molecule has 0 aliphatic rings. The molecule has 0 heterocycles. The third-order valence-corrected chi connectivity index (χ3v) is 3.73. The minimum Gasteiger partial charge on any atom is -0.392 e. The molecule has 2 atom stereocenters. The molecule has 0 saturated carbocycles. The summed E-state index contributed by atoms with van der Waals surface area (Å²) in [5, 5.41) is 9.26. The lowest BCUT2D eigenvalue weighted by Crippen LogP contribution is -2.25. The minimum atomic E-state index is -0.445. The molecule has 0 bridgehead atoms. The molecule has 0 aromatic heterocycles. The van der Waals surface area contributed by atoms with Gasteiger partial charge in [-0.25, -0.2) is 0 Å². The lowest BCUT2D eigenvalue weighted by atomic mass is 10.2. The topological polar surface area (TPSA) is 58.6 Å². The van der Waals surface area contributed by atoms with Crippen LogP contribution in [0.3, 0.4) is 0 Å². The first-order valence-corrected chi connectivity index (χ1v) is 7.21. The fourth-order valence-electron chi connectivity index (χ4n) is 1.24. The third kappa shape index (κ3) is 7.20. The van der Waals surface area contributed by atoms with Crippen LogP contribution in [0.5, 0.6) is 0 Å². The predicted molar refractivity (Wildman–Crippen MR) is 77.6 cm³/mol. The van der Waals surface area contributed by atoms with Crippen LogP contribution in [0.2, 0.25) is 0 Å². The number of aliphatic hydroxyl groups excluding tert-OH is 1. The quantitative estimate of drug-likeness (QED) is 0.567. The van der Waals surface area contributed by atoms with Crippen LogP contribution in [0.1, 0.15) is 25.8 Å². The molecule has 0 aliphatic carbocycles. The minimum absolute atomic E-state index is 0.0193. The third-order valence-electron chi connectivity index (χ3n) is 2.62. The van der Waals surface area contributed by atoms with Crippen LogP contribution in [0, 0.1) is 0 Å². The summed E-state index contributed by atoms with van der Waals surface area (Å²) >= 11 is 1.24. The van der Waals surface area contributed by atoms with Crippen LogP contribution in [-0.2, 0) is 16.1 Å². The fourth-order valence-corrected chi connectivity index (χ4v) is 1.85. The molecule has 1 amide bonds. The number of carbonyl (C=O) groups is 1. The van der Waals surface area contributed by atoms with E-state index in [-0.39, 0.29) is 11.2 Å². The molecule has 106 valence electrons. The van der Waals surface area contributed by atoms with Gasteiger partial charge >= 0.3 is 0 Å². The number of rotatable bonds is 8. The summed E-state index contributed by atoms with van der Waals surface area (Å²) in [6.07, 6.45) is -0.119. The molecule has 0 spiro atoms. The van der Waals surface area contributed by atoms with Crippen molar-refractivity contribution in [1.82, 2.24) is 4.72 Å². The summed E-state index contributed by atoms with van der Waals surface area (Å²) in [4.78, 5) is 11.5. The zero-order chi connectivity index (χ0) is 14.1. The van der Waals surface area contributed by atoms with Crippen molar-refractivity contribution in [3.63, 3.8) is 0 Å². The van der Waals surface area contributed by atoms with Gasteiger partial charge in [-0.15, -0.1) is 0 Å². The Morgan fingerprint density at radius 1 is 1.37 bits per heavy atom. The van der Waals surface area contributed by atoms with Gasteiger partial charge in [-0.3, -0.25) is 9.52 Å². The molecular weight excluding hydrogens is 262 g/mol. The number of aliphatic hydroxyl groups is 1. The van der Waals surface area contributed by atoms with E-state index in [0.717, 1.165) is 5.56 Å². The Morgan fingerprint density at radius 2 is 2.05 bits per heavy atom. The predicted octanol–water partition coefficient (Wildman–Crippen LogP) is 2.13. The average molecular weight is 283 g/mol. The molecule has 4 nitrogen and oxygen atoms in total. The van der Waals surface area contributed by atoms with Gasteiger partial charge in [0.1, 0.15) is 0 Å². The van der Waals surface area contributed by atoms with E-state index < -0.39 is 6.10 Å². The van der Waals surface area contributed by atoms with Crippen molar-refractivity contribution >= 4 is 17.9 Å². The lowest BCUT2D eigenvalue weighted by Gasteiger charge is -2.14. The summed E-state index contributed by atoms with van der Waals surface area (Å²) in [5.41, 5.74) is 1.10. The van der Waals surface area contributed by atoms with E-state index in [0.29, 0.717) is 19.6 Å². The maximum atomic E-state index is 11.5. The van der Waals surface area contributed by atoms with Crippen molar-refractivity contribution in [1.29, 1.82) is 0 Å². The first kappa shape index (κ1) is 16.0. The van der Waals surface area contributed by atoms with Crippen LogP contribution in [-0.4, -0.2) is 29.0 Å². The summed E-state index contributed by atoms with van der Waals surface area (Å²) in [6, 6.07) is 9.84. The second-order valence-corrected chi connectivity index (χ2v) is 5.56. The number of hydrogen-bond donors (Lipinski definition) is 2. The largest absolute Gasteiger partial charge is 0.392 e. The highest BCUT2D eigenvalue weighted by molar-refractivity contribution is 7.98. The molecule has 0 fully saturated rings. The second-order valence-electron chi connectivity index (χ2n) is 4.38. The van der Waals surface area contributed by atoms with Gasteiger partial charge in [0.05, 0.1) is 25.7 Å². The number of carbonyl (C=O) groups excluding carboxylic acids is 1. The Kier molecular flexibility index (Phi) is 7.55. The molecule has 2 N–H and O–H groups in total. The summed E-state index contributed by atoms with van der Waals surface area (Å²) in [6.45, 7) is 4.48. The number of hydrogen-bond acceptors (Lipinski definition) is 4. The number of nitrogens with one attached hydrogen (secondary N) is 1. The highest BCUT2D eigenvalue weighted by atomic mass is 32.2. The SMILES string of the molecule is CC(O)C(C)SNC(=O)CCOCc1ccccc1. The van der Waals surface area contributed by atoms with E-state index in [1.807, 2.05) is 37.3 Å². The zero-order valence-electron chi connectivity index (χ0n) is 11.3. The van der Waals surface area contributed by atoms with Crippen molar-refractivity contribution in [2.45, 2.75) is 38.2 Å².